The molecule has 1 aliphatic rings. The molecule has 0 amide bonds. The van der Waals surface area contributed by atoms with Crippen LogP contribution in [-0.2, 0) is 0 Å². The average molecular weight is 317 g/mol. The highest BCUT2D eigenvalue weighted by molar-refractivity contribution is 6.30. The van der Waals surface area contributed by atoms with Gasteiger partial charge in [0.15, 0.2) is 17.3 Å². The van der Waals surface area contributed by atoms with Gasteiger partial charge in [0.1, 0.15) is 11.5 Å². The van der Waals surface area contributed by atoms with E-state index in [2.05, 4.69) is 0 Å². The van der Waals surface area contributed by atoms with E-state index >= 15 is 0 Å². The van der Waals surface area contributed by atoms with E-state index < -0.39 is 67.4 Å². The molecule has 0 fully saturated rings. The molecule has 9 heteroatoms. The Bertz CT molecular complexity index is 931. The first-order valence-corrected chi connectivity index (χ1v) is 6.12. The van der Waals surface area contributed by atoms with Crippen LogP contribution in [0.1, 0.15) is 31.8 Å². The van der Waals surface area contributed by atoms with E-state index in [1.165, 1.54) is 0 Å². The molecule has 2 aromatic rings. The van der Waals surface area contributed by atoms with Gasteiger partial charge in [-0.15, -0.1) is 0 Å². The number of nitrogens with zero attached hydrogens (tertiary/aromatic N) is 1. The topological polar surface area (TPSA) is 158 Å². The summed E-state index contributed by atoms with van der Waals surface area (Å²) in [7, 11) is 0. The number of phenols is 4. The lowest BCUT2D eigenvalue weighted by molar-refractivity contribution is -0.386. The third kappa shape index (κ3) is 1.80. The highest BCUT2D eigenvalue weighted by Gasteiger charge is 2.39. The Morgan fingerprint density at radius 3 is 2.00 bits per heavy atom. The van der Waals surface area contributed by atoms with Crippen LogP contribution in [-0.4, -0.2) is 36.9 Å². The minimum Gasteiger partial charge on any atom is -0.508 e. The molecular formula is C14H7NO8. The molecule has 9 nitrogen and oxygen atoms in total. The molecule has 0 atom stereocenters. The van der Waals surface area contributed by atoms with E-state index in [-0.39, 0.29) is 0 Å². The molecule has 2 aromatic carbocycles. The highest BCUT2D eigenvalue weighted by atomic mass is 16.6. The quantitative estimate of drug-likeness (QED) is 0.385. The van der Waals surface area contributed by atoms with Crippen LogP contribution in [0.2, 0.25) is 0 Å². The Labute approximate surface area is 126 Å². The molecule has 0 aromatic heterocycles. The molecule has 0 spiro atoms. The van der Waals surface area contributed by atoms with E-state index in [4.69, 9.17) is 0 Å². The number of carbonyl (C=O) groups is 2. The van der Waals surface area contributed by atoms with Gasteiger partial charge in [-0.1, -0.05) is 0 Å². The molecule has 0 saturated carbocycles. The van der Waals surface area contributed by atoms with Gasteiger partial charge in [-0.25, -0.2) is 0 Å². The Morgan fingerprint density at radius 1 is 0.826 bits per heavy atom. The maximum atomic E-state index is 12.4. The number of phenolic OH excluding ortho intramolecular Hbond substituents is 4. The average Bonchev–Trinajstić information content (AvgIpc) is 2.43. The molecule has 3 rings (SSSR count). The van der Waals surface area contributed by atoms with Crippen molar-refractivity contribution >= 4 is 17.3 Å². The first-order chi connectivity index (χ1) is 10.7. The number of fused-ring (bicyclic) bond motifs is 2. The number of carbonyl (C=O) groups excluding carboxylic acids is 2. The van der Waals surface area contributed by atoms with Crippen molar-refractivity contribution in [1.29, 1.82) is 0 Å². The standard InChI is InChI=1S/C14H7NO8/c16-4-1-5-9(7(17)2-4)12(19)6-3-8(18)11(15(22)23)14(21)10(6)13(5)20/h1-3,16-18,21H. The van der Waals surface area contributed by atoms with Gasteiger partial charge in [0.25, 0.3) is 0 Å². The first-order valence-electron chi connectivity index (χ1n) is 6.12. The van der Waals surface area contributed by atoms with Crippen LogP contribution >= 0.6 is 0 Å². The van der Waals surface area contributed by atoms with Gasteiger partial charge < -0.3 is 20.4 Å². The monoisotopic (exact) mass is 317 g/mol. The number of rotatable bonds is 1. The van der Waals surface area contributed by atoms with Gasteiger partial charge in [0.05, 0.1) is 16.1 Å². The summed E-state index contributed by atoms with van der Waals surface area (Å²) in [5.41, 5.74) is -3.10. The number of aromatic hydroxyl groups is 4. The minimum atomic E-state index is -1.16. The first kappa shape index (κ1) is 14.3. The lowest BCUT2D eigenvalue weighted by Gasteiger charge is -2.19. The predicted molar refractivity (Wildman–Crippen MR) is 73.1 cm³/mol. The summed E-state index contributed by atoms with van der Waals surface area (Å²) in [5.74, 6) is -5.24. The summed E-state index contributed by atoms with van der Waals surface area (Å²) in [6.07, 6.45) is 0. The number of benzene rings is 2. The van der Waals surface area contributed by atoms with Crippen molar-refractivity contribution in [2.45, 2.75) is 0 Å². The molecule has 1 aliphatic carbocycles. The number of nitro groups is 1. The number of nitro benzene ring substituents is 1. The molecule has 0 unspecified atom stereocenters. The van der Waals surface area contributed by atoms with Crippen molar-refractivity contribution in [3.8, 4) is 23.0 Å². The van der Waals surface area contributed by atoms with Gasteiger partial charge in [0, 0.05) is 17.2 Å². The normalized spacial score (nSPS) is 12.7. The zero-order chi connectivity index (χ0) is 17.0. The lowest BCUT2D eigenvalue weighted by Crippen LogP contribution is -2.21. The summed E-state index contributed by atoms with van der Waals surface area (Å²) < 4.78 is 0. The van der Waals surface area contributed by atoms with Crippen LogP contribution in [0.15, 0.2) is 18.2 Å². The van der Waals surface area contributed by atoms with Crippen molar-refractivity contribution in [3.63, 3.8) is 0 Å². The second kappa shape index (κ2) is 4.44. The Balaban J connectivity index is 2.41. The van der Waals surface area contributed by atoms with Gasteiger partial charge in [-0.2, -0.15) is 0 Å². The van der Waals surface area contributed by atoms with Crippen LogP contribution in [0.5, 0.6) is 23.0 Å². The Kier molecular flexibility index (Phi) is 2.76. The van der Waals surface area contributed by atoms with Crippen molar-refractivity contribution in [3.05, 3.63) is 50.6 Å². The number of ketones is 2. The summed E-state index contributed by atoms with van der Waals surface area (Å²) in [4.78, 5) is 34.6. The number of hydrogen-bond donors (Lipinski definition) is 4. The highest BCUT2D eigenvalue weighted by Crippen LogP contribution is 2.45. The zero-order valence-electron chi connectivity index (χ0n) is 11.1. The van der Waals surface area contributed by atoms with Crippen molar-refractivity contribution in [2.75, 3.05) is 0 Å². The molecule has 116 valence electrons. The van der Waals surface area contributed by atoms with Gasteiger partial charge in [-0.3, -0.25) is 19.7 Å². The van der Waals surface area contributed by atoms with E-state index in [0.717, 1.165) is 12.1 Å². The van der Waals surface area contributed by atoms with E-state index in [1.54, 1.807) is 0 Å². The summed E-state index contributed by atoms with van der Waals surface area (Å²) in [6.45, 7) is 0. The Hall–Kier alpha value is -3.62. The third-order valence-electron chi connectivity index (χ3n) is 3.48. The van der Waals surface area contributed by atoms with Crippen molar-refractivity contribution in [2.24, 2.45) is 0 Å². The predicted octanol–water partition coefficient (Wildman–Crippen LogP) is 1.19. The zero-order valence-corrected chi connectivity index (χ0v) is 11.1. The molecule has 0 radical (unpaired) electrons. The fraction of sp³-hybridized carbons (Fsp3) is 0. The van der Waals surface area contributed by atoms with E-state index in [1.807, 2.05) is 0 Å². The van der Waals surface area contributed by atoms with Crippen LogP contribution in [0.3, 0.4) is 0 Å². The third-order valence-corrected chi connectivity index (χ3v) is 3.48. The lowest BCUT2D eigenvalue weighted by atomic mass is 9.82. The summed E-state index contributed by atoms with van der Waals surface area (Å²) in [5, 5.41) is 49.6. The fourth-order valence-corrected chi connectivity index (χ4v) is 2.53. The van der Waals surface area contributed by atoms with Gasteiger partial charge in [0.2, 0.25) is 5.75 Å². The van der Waals surface area contributed by atoms with Crippen LogP contribution in [0.25, 0.3) is 0 Å². The van der Waals surface area contributed by atoms with Crippen LogP contribution in [0.4, 0.5) is 5.69 Å². The molecule has 0 aliphatic heterocycles. The second-order valence-electron chi connectivity index (χ2n) is 4.82. The smallest absolute Gasteiger partial charge is 0.352 e. The van der Waals surface area contributed by atoms with Crippen molar-refractivity contribution < 1.29 is 34.9 Å². The molecule has 4 N–H and O–H groups in total. The largest absolute Gasteiger partial charge is 0.508 e. The van der Waals surface area contributed by atoms with Crippen LogP contribution < -0.4 is 0 Å². The molecule has 0 bridgehead atoms. The second-order valence-corrected chi connectivity index (χ2v) is 4.82. The summed E-state index contributed by atoms with van der Waals surface area (Å²) >= 11 is 0. The molecular weight excluding hydrogens is 310 g/mol. The van der Waals surface area contributed by atoms with Crippen LogP contribution in [0, 0.1) is 10.1 Å². The van der Waals surface area contributed by atoms with Crippen molar-refractivity contribution in [1.82, 2.24) is 0 Å². The fourth-order valence-electron chi connectivity index (χ4n) is 2.53. The molecule has 23 heavy (non-hydrogen) atoms. The maximum absolute atomic E-state index is 12.4. The molecule has 0 heterocycles. The Morgan fingerprint density at radius 2 is 1.39 bits per heavy atom. The van der Waals surface area contributed by atoms with E-state index in [0.29, 0.717) is 6.07 Å². The summed E-state index contributed by atoms with van der Waals surface area (Å²) in [6, 6.07) is 2.43. The molecule has 0 saturated heterocycles. The maximum Gasteiger partial charge on any atom is 0.352 e. The SMILES string of the molecule is O=C1c2cc(O)c([N+](=O)[O-])c(O)c2C(=O)c2cc(O)cc(O)c21. The van der Waals surface area contributed by atoms with E-state index in [9.17, 15) is 40.1 Å². The van der Waals surface area contributed by atoms with Gasteiger partial charge in [-0.05, 0) is 12.1 Å². The number of hydrogen-bond acceptors (Lipinski definition) is 8. The minimum absolute atomic E-state index is 0.407. The van der Waals surface area contributed by atoms with Gasteiger partial charge >= 0.3 is 5.69 Å².